The van der Waals surface area contributed by atoms with Crippen molar-refractivity contribution in [2.24, 2.45) is 5.73 Å². The van der Waals surface area contributed by atoms with Crippen molar-refractivity contribution in [3.8, 4) is 0 Å². The van der Waals surface area contributed by atoms with Crippen LogP contribution >= 0.6 is 15.9 Å². The summed E-state index contributed by atoms with van der Waals surface area (Å²) < 4.78 is 1.08. The van der Waals surface area contributed by atoms with Crippen LogP contribution in [0.15, 0.2) is 47.1 Å². The van der Waals surface area contributed by atoms with Gasteiger partial charge in [-0.2, -0.15) is 0 Å². The summed E-state index contributed by atoms with van der Waals surface area (Å²) in [4.78, 5) is 4.07. The van der Waals surface area contributed by atoms with E-state index in [1.165, 1.54) is 5.56 Å². The molecule has 1 aromatic carbocycles. The molecule has 4 heteroatoms. The highest BCUT2D eigenvalue weighted by Crippen LogP contribution is 2.15. The Balaban J connectivity index is 2.01. The van der Waals surface area contributed by atoms with E-state index in [0.717, 1.165) is 22.9 Å². The van der Waals surface area contributed by atoms with Gasteiger partial charge in [0.05, 0.1) is 0 Å². The number of halogens is 1. The zero-order valence-electron chi connectivity index (χ0n) is 10.0. The number of nitrogens with zero attached hydrogens (tertiary/aromatic N) is 1. The van der Waals surface area contributed by atoms with Gasteiger partial charge in [-0.25, -0.2) is 4.98 Å². The van der Waals surface area contributed by atoms with E-state index in [2.05, 4.69) is 33.0 Å². The van der Waals surface area contributed by atoms with Gasteiger partial charge in [0.1, 0.15) is 5.82 Å². The molecule has 4 N–H and O–H groups in total. The molecule has 0 saturated carbocycles. The van der Waals surface area contributed by atoms with Gasteiger partial charge in [-0.1, -0.05) is 34.1 Å². The van der Waals surface area contributed by atoms with Crippen LogP contribution in [-0.4, -0.2) is 11.0 Å². The molecule has 3 nitrogen and oxygen atoms in total. The van der Waals surface area contributed by atoms with Crippen LogP contribution in [0.25, 0.3) is 0 Å². The number of benzene rings is 1. The maximum Gasteiger partial charge on any atom is 0.126 e. The number of hydrogen-bond acceptors (Lipinski definition) is 3. The first kappa shape index (κ1) is 13.1. The number of hydrogen-bond donors (Lipinski definition) is 2. The molecule has 2 rings (SSSR count). The molecule has 2 aromatic rings. The average molecular weight is 306 g/mol. The van der Waals surface area contributed by atoms with Gasteiger partial charge in [0.25, 0.3) is 0 Å². The average Bonchev–Trinajstić information content (AvgIpc) is 2.32. The number of aromatic nitrogens is 1. The zero-order chi connectivity index (χ0) is 13.0. The van der Waals surface area contributed by atoms with Crippen LogP contribution in [0, 0.1) is 0 Å². The number of rotatable bonds is 4. The molecular weight excluding hydrogens is 290 g/mol. The van der Waals surface area contributed by atoms with E-state index in [0.29, 0.717) is 5.82 Å². The number of nitrogens with two attached hydrogens (primary N) is 2. The molecule has 0 aliphatic heterocycles. The van der Waals surface area contributed by atoms with Crippen LogP contribution in [0.5, 0.6) is 0 Å². The summed E-state index contributed by atoms with van der Waals surface area (Å²) >= 11 is 3.46. The Morgan fingerprint density at radius 1 is 1.17 bits per heavy atom. The summed E-state index contributed by atoms with van der Waals surface area (Å²) in [6.07, 6.45) is 3.26. The van der Waals surface area contributed by atoms with E-state index < -0.39 is 0 Å². The summed E-state index contributed by atoms with van der Waals surface area (Å²) in [7, 11) is 0. The topological polar surface area (TPSA) is 64.9 Å². The standard InChI is InChI=1S/C14H16BrN3/c15-12-5-1-3-10(7-12)8-13(16)9-11-4-2-6-18-14(11)17/h1-7,13H,8-9,16H2,(H2,17,18). The highest BCUT2D eigenvalue weighted by atomic mass is 79.9. The van der Waals surface area contributed by atoms with E-state index in [1.807, 2.05) is 24.3 Å². The summed E-state index contributed by atoms with van der Waals surface area (Å²) in [6, 6.07) is 12.1. The fraction of sp³-hybridized carbons (Fsp3) is 0.214. The third-order valence-electron chi connectivity index (χ3n) is 2.80. The largest absolute Gasteiger partial charge is 0.383 e. The lowest BCUT2D eigenvalue weighted by atomic mass is 10.0. The van der Waals surface area contributed by atoms with Crippen LogP contribution in [0.2, 0.25) is 0 Å². The maximum atomic E-state index is 6.16. The minimum atomic E-state index is 0.0470. The summed E-state index contributed by atoms with van der Waals surface area (Å²) in [6.45, 7) is 0. The van der Waals surface area contributed by atoms with Crippen molar-refractivity contribution < 1.29 is 0 Å². The molecule has 0 radical (unpaired) electrons. The van der Waals surface area contributed by atoms with E-state index in [-0.39, 0.29) is 6.04 Å². The minimum Gasteiger partial charge on any atom is -0.383 e. The van der Waals surface area contributed by atoms with Gasteiger partial charge in [-0.05, 0) is 42.2 Å². The summed E-state index contributed by atoms with van der Waals surface area (Å²) in [5.41, 5.74) is 14.2. The van der Waals surface area contributed by atoms with Crippen molar-refractivity contribution in [1.82, 2.24) is 4.98 Å². The predicted molar refractivity (Wildman–Crippen MR) is 78.2 cm³/mol. The van der Waals surface area contributed by atoms with Crippen LogP contribution in [-0.2, 0) is 12.8 Å². The minimum absolute atomic E-state index is 0.0470. The van der Waals surface area contributed by atoms with Crippen molar-refractivity contribution in [3.05, 3.63) is 58.2 Å². The van der Waals surface area contributed by atoms with Gasteiger partial charge in [-0.3, -0.25) is 0 Å². The SMILES string of the molecule is Nc1ncccc1CC(N)Cc1cccc(Br)c1. The van der Waals surface area contributed by atoms with E-state index in [4.69, 9.17) is 11.5 Å². The highest BCUT2D eigenvalue weighted by molar-refractivity contribution is 9.10. The second kappa shape index (κ2) is 5.98. The second-order valence-electron chi connectivity index (χ2n) is 4.35. The van der Waals surface area contributed by atoms with Crippen LogP contribution in [0.1, 0.15) is 11.1 Å². The zero-order valence-corrected chi connectivity index (χ0v) is 11.6. The lowest BCUT2D eigenvalue weighted by Gasteiger charge is -2.13. The molecule has 1 heterocycles. The van der Waals surface area contributed by atoms with Crippen molar-refractivity contribution in [2.45, 2.75) is 18.9 Å². The monoisotopic (exact) mass is 305 g/mol. The van der Waals surface area contributed by atoms with Gasteiger partial charge in [-0.15, -0.1) is 0 Å². The Morgan fingerprint density at radius 2 is 2.00 bits per heavy atom. The molecular formula is C14H16BrN3. The first-order valence-corrected chi connectivity index (χ1v) is 6.64. The molecule has 0 saturated heterocycles. The molecule has 0 aliphatic rings. The number of anilines is 1. The van der Waals surface area contributed by atoms with Gasteiger partial charge in [0.15, 0.2) is 0 Å². The lowest BCUT2D eigenvalue weighted by Crippen LogP contribution is -2.26. The maximum absolute atomic E-state index is 6.16. The number of nitrogen functional groups attached to an aromatic ring is 1. The third-order valence-corrected chi connectivity index (χ3v) is 3.29. The normalized spacial score (nSPS) is 12.3. The second-order valence-corrected chi connectivity index (χ2v) is 5.26. The van der Waals surface area contributed by atoms with E-state index >= 15 is 0 Å². The predicted octanol–water partition coefficient (Wildman–Crippen LogP) is 2.54. The Hall–Kier alpha value is -1.39. The molecule has 0 fully saturated rings. The van der Waals surface area contributed by atoms with Crippen molar-refractivity contribution in [2.75, 3.05) is 5.73 Å². The van der Waals surface area contributed by atoms with Crippen molar-refractivity contribution >= 4 is 21.7 Å². The molecule has 18 heavy (non-hydrogen) atoms. The Kier molecular flexibility index (Phi) is 4.33. The van der Waals surface area contributed by atoms with Gasteiger partial charge in [0, 0.05) is 16.7 Å². The van der Waals surface area contributed by atoms with Crippen molar-refractivity contribution in [3.63, 3.8) is 0 Å². The third kappa shape index (κ3) is 3.55. The van der Waals surface area contributed by atoms with Gasteiger partial charge >= 0.3 is 0 Å². The van der Waals surface area contributed by atoms with E-state index in [9.17, 15) is 0 Å². The highest BCUT2D eigenvalue weighted by Gasteiger charge is 2.08. The fourth-order valence-electron chi connectivity index (χ4n) is 1.94. The van der Waals surface area contributed by atoms with Gasteiger partial charge in [0.2, 0.25) is 0 Å². The Morgan fingerprint density at radius 3 is 2.72 bits per heavy atom. The number of pyridine rings is 1. The summed E-state index contributed by atoms with van der Waals surface area (Å²) in [5.74, 6) is 0.571. The molecule has 1 unspecified atom stereocenters. The first-order chi connectivity index (χ1) is 8.65. The summed E-state index contributed by atoms with van der Waals surface area (Å²) in [5, 5.41) is 0. The smallest absolute Gasteiger partial charge is 0.126 e. The van der Waals surface area contributed by atoms with Gasteiger partial charge < -0.3 is 11.5 Å². The van der Waals surface area contributed by atoms with Crippen LogP contribution in [0.3, 0.4) is 0 Å². The Bertz CT molecular complexity index is 528. The molecule has 0 aliphatic carbocycles. The lowest BCUT2D eigenvalue weighted by molar-refractivity contribution is 0.664. The van der Waals surface area contributed by atoms with Crippen molar-refractivity contribution in [1.29, 1.82) is 0 Å². The first-order valence-electron chi connectivity index (χ1n) is 5.84. The molecule has 94 valence electrons. The molecule has 1 aromatic heterocycles. The Labute approximate surface area is 115 Å². The van der Waals surface area contributed by atoms with Crippen LogP contribution < -0.4 is 11.5 Å². The quantitative estimate of drug-likeness (QED) is 0.912. The molecule has 0 bridgehead atoms. The fourth-order valence-corrected chi connectivity index (χ4v) is 2.39. The van der Waals surface area contributed by atoms with E-state index in [1.54, 1.807) is 6.20 Å². The molecule has 1 atom stereocenters. The molecule has 0 amide bonds. The molecule has 0 spiro atoms. The van der Waals surface area contributed by atoms with Crippen LogP contribution in [0.4, 0.5) is 5.82 Å².